The smallest absolute Gasteiger partial charge is 0.249 e. The average molecular weight is 254 g/mol. The van der Waals surface area contributed by atoms with E-state index in [-0.39, 0.29) is 18.1 Å². The van der Waals surface area contributed by atoms with Gasteiger partial charge in [0.2, 0.25) is 5.91 Å². The Morgan fingerprint density at radius 3 is 2.50 bits per heavy atom. The van der Waals surface area contributed by atoms with Crippen molar-refractivity contribution in [2.45, 2.75) is 70.1 Å². The Balaban J connectivity index is 1.69. The zero-order valence-corrected chi connectivity index (χ0v) is 11.4. The van der Waals surface area contributed by atoms with Crippen LogP contribution in [0.1, 0.15) is 51.9 Å². The van der Waals surface area contributed by atoms with E-state index in [0.717, 1.165) is 38.8 Å². The second-order valence-electron chi connectivity index (χ2n) is 5.57. The van der Waals surface area contributed by atoms with Crippen LogP contribution >= 0.6 is 0 Å². The number of hydrogen-bond donors (Lipinski definition) is 2. The van der Waals surface area contributed by atoms with Gasteiger partial charge >= 0.3 is 0 Å². The summed E-state index contributed by atoms with van der Waals surface area (Å²) in [5.74, 6) is 0.0698. The number of nitrogens with one attached hydrogen (secondary N) is 2. The van der Waals surface area contributed by atoms with Crippen LogP contribution in [0, 0.1) is 0 Å². The Bertz CT molecular complexity index is 259. The van der Waals surface area contributed by atoms with E-state index >= 15 is 0 Å². The lowest BCUT2D eigenvalue weighted by Gasteiger charge is -2.28. The van der Waals surface area contributed by atoms with Gasteiger partial charge in [-0.1, -0.05) is 19.3 Å². The standard InChI is InChI=1S/C14H26N2O2/c1-11(18-13-7-9-15-10-8-13)14(17)16-12-5-3-2-4-6-12/h11-13,15H,2-10H2,1H3,(H,16,17). The van der Waals surface area contributed by atoms with Crippen LogP contribution in [0.15, 0.2) is 0 Å². The van der Waals surface area contributed by atoms with Crippen molar-refractivity contribution in [1.29, 1.82) is 0 Å². The molecule has 0 aromatic carbocycles. The highest BCUT2D eigenvalue weighted by atomic mass is 16.5. The van der Waals surface area contributed by atoms with Gasteiger partial charge in [-0.25, -0.2) is 0 Å². The Morgan fingerprint density at radius 1 is 1.17 bits per heavy atom. The number of hydrogen-bond acceptors (Lipinski definition) is 3. The van der Waals surface area contributed by atoms with Gasteiger partial charge in [0.05, 0.1) is 6.10 Å². The van der Waals surface area contributed by atoms with E-state index in [2.05, 4.69) is 10.6 Å². The maximum atomic E-state index is 12.0. The number of carbonyl (C=O) groups excluding carboxylic acids is 1. The number of ether oxygens (including phenoxy) is 1. The molecular weight excluding hydrogens is 228 g/mol. The summed E-state index contributed by atoms with van der Waals surface area (Å²) in [6, 6.07) is 0.380. The summed E-state index contributed by atoms with van der Waals surface area (Å²) in [4.78, 5) is 12.0. The highest BCUT2D eigenvalue weighted by Gasteiger charge is 2.23. The van der Waals surface area contributed by atoms with Crippen LogP contribution in [-0.4, -0.2) is 37.2 Å². The lowest BCUT2D eigenvalue weighted by Crippen LogP contribution is -2.44. The molecule has 104 valence electrons. The van der Waals surface area contributed by atoms with E-state index in [1.54, 1.807) is 0 Å². The molecule has 0 aromatic rings. The van der Waals surface area contributed by atoms with E-state index in [0.29, 0.717) is 6.04 Å². The van der Waals surface area contributed by atoms with Gasteiger partial charge in [-0.05, 0) is 45.7 Å². The molecule has 1 amide bonds. The zero-order chi connectivity index (χ0) is 12.8. The summed E-state index contributed by atoms with van der Waals surface area (Å²) in [5, 5.41) is 6.43. The quantitative estimate of drug-likeness (QED) is 0.801. The summed E-state index contributed by atoms with van der Waals surface area (Å²) in [5.41, 5.74) is 0. The largest absolute Gasteiger partial charge is 0.365 e. The minimum atomic E-state index is -0.310. The van der Waals surface area contributed by atoms with Crippen molar-refractivity contribution in [2.24, 2.45) is 0 Å². The fraction of sp³-hybridized carbons (Fsp3) is 0.929. The minimum absolute atomic E-state index is 0.0698. The highest BCUT2D eigenvalue weighted by molar-refractivity contribution is 5.80. The first kappa shape index (κ1) is 13.8. The molecule has 0 aromatic heterocycles. The van der Waals surface area contributed by atoms with E-state index in [9.17, 15) is 4.79 Å². The van der Waals surface area contributed by atoms with Gasteiger partial charge in [-0.15, -0.1) is 0 Å². The van der Waals surface area contributed by atoms with Crippen molar-refractivity contribution in [3.05, 3.63) is 0 Å². The normalized spacial score (nSPS) is 24.7. The van der Waals surface area contributed by atoms with Crippen LogP contribution in [0.2, 0.25) is 0 Å². The topological polar surface area (TPSA) is 50.4 Å². The molecule has 2 N–H and O–H groups in total. The van der Waals surface area contributed by atoms with Crippen LogP contribution in [0.4, 0.5) is 0 Å². The molecule has 1 unspecified atom stereocenters. The van der Waals surface area contributed by atoms with E-state index in [4.69, 9.17) is 4.74 Å². The number of carbonyl (C=O) groups is 1. The SMILES string of the molecule is CC(OC1CCNCC1)C(=O)NC1CCCCC1. The predicted octanol–water partition coefficient (Wildman–Crippen LogP) is 1.59. The van der Waals surface area contributed by atoms with Crippen molar-refractivity contribution < 1.29 is 9.53 Å². The summed E-state index contributed by atoms with van der Waals surface area (Å²) in [6.45, 7) is 3.88. The Labute approximate surface area is 110 Å². The van der Waals surface area contributed by atoms with E-state index in [1.165, 1.54) is 19.3 Å². The summed E-state index contributed by atoms with van der Waals surface area (Å²) >= 11 is 0. The van der Waals surface area contributed by atoms with Crippen LogP contribution in [0.5, 0.6) is 0 Å². The molecule has 1 saturated carbocycles. The molecule has 2 rings (SSSR count). The third-order valence-electron chi connectivity index (χ3n) is 4.00. The first-order chi connectivity index (χ1) is 8.75. The summed E-state index contributed by atoms with van der Waals surface area (Å²) in [7, 11) is 0. The molecule has 1 saturated heterocycles. The van der Waals surface area contributed by atoms with Gasteiger partial charge in [-0.2, -0.15) is 0 Å². The third kappa shape index (κ3) is 4.25. The molecule has 1 aliphatic heterocycles. The van der Waals surface area contributed by atoms with Crippen LogP contribution in [0.25, 0.3) is 0 Å². The van der Waals surface area contributed by atoms with E-state index < -0.39 is 0 Å². The van der Waals surface area contributed by atoms with Crippen molar-refractivity contribution in [1.82, 2.24) is 10.6 Å². The highest BCUT2D eigenvalue weighted by Crippen LogP contribution is 2.18. The van der Waals surface area contributed by atoms with E-state index in [1.807, 2.05) is 6.92 Å². The Kier molecular flexibility index (Phi) is 5.45. The molecular formula is C14H26N2O2. The van der Waals surface area contributed by atoms with Crippen LogP contribution in [0.3, 0.4) is 0 Å². The predicted molar refractivity (Wildman–Crippen MR) is 71.5 cm³/mol. The Morgan fingerprint density at radius 2 is 1.83 bits per heavy atom. The maximum absolute atomic E-state index is 12.0. The molecule has 0 radical (unpaired) electrons. The van der Waals surface area contributed by atoms with Crippen molar-refractivity contribution in [2.75, 3.05) is 13.1 Å². The van der Waals surface area contributed by atoms with Gasteiger partial charge < -0.3 is 15.4 Å². The molecule has 0 spiro atoms. The van der Waals surface area contributed by atoms with Gasteiger partial charge in [0.1, 0.15) is 6.10 Å². The summed E-state index contributed by atoms with van der Waals surface area (Å²) < 4.78 is 5.84. The first-order valence-corrected chi connectivity index (χ1v) is 7.42. The van der Waals surface area contributed by atoms with Crippen LogP contribution in [-0.2, 0) is 9.53 Å². The fourth-order valence-corrected chi connectivity index (χ4v) is 2.85. The minimum Gasteiger partial charge on any atom is -0.365 e. The molecule has 18 heavy (non-hydrogen) atoms. The zero-order valence-electron chi connectivity index (χ0n) is 11.4. The van der Waals surface area contributed by atoms with Crippen molar-refractivity contribution >= 4 is 5.91 Å². The Hall–Kier alpha value is -0.610. The molecule has 2 aliphatic rings. The third-order valence-corrected chi connectivity index (χ3v) is 4.00. The lowest BCUT2D eigenvalue weighted by molar-refractivity contribution is -0.137. The molecule has 4 heteroatoms. The van der Waals surface area contributed by atoms with Gasteiger partial charge in [0.25, 0.3) is 0 Å². The molecule has 1 aliphatic carbocycles. The molecule has 1 heterocycles. The maximum Gasteiger partial charge on any atom is 0.249 e. The lowest BCUT2D eigenvalue weighted by atomic mass is 9.95. The molecule has 0 bridgehead atoms. The van der Waals surface area contributed by atoms with Crippen molar-refractivity contribution in [3.8, 4) is 0 Å². The first-order valence-electron chi connectivity index (χ1n) is 7.42. The van der Waals surface area contributed by atoms with Crippen molar-refractivity contribution in [3.63, 3.8) is 0 Å². The summed E-state index contributed by atoms with van der Waals surface area (Å²) in [6.07, 6.45) is 8.03. The molecule has 4 nitrogen and oxygen atoms in total. The second kappa shape index (κ2) is 7.10. The van der Waals surface area contributed by atoms with Crippen LogP contribution < -0.4 is 10.6 Å². The monoisotopic (exact) mass is 254 g/mol. The van der Waals surface area contributed by atoms with Gasteiger partial charge in [0.15, 0.2) is 0 Å². The second-order valence-corrected chi connectivity index (χ2v) is 5.57. The number of amides is 1. The molecule has 2 fully saturated rings. The molecule has 1 atom stereocenters. The van der Waals surface area contributed by atoms with Gasteiger partial charge in [0, 0.05) is 6.04 Å². The average Bonchev–Trinajstić information content (AvgIpc) is 2.41. The number of rotatable bonds is 4. The number of piperidine rings is 1. The fourth-order valence-electron chi connectivity index (χ4n) is 2.85. The van der Waals surface area contributed by atoms with Gasteiger partial charge in [-0.3, -0.25) is 4.79 Å².